The maximum absolute atomic E-state index is 12.4. The number of pyridine rings is 2. The third-order valence-corrected chi connectivity index (χ3v) is 4.86. The number of carbonyl (C=O) groups is 1. The Hall–Kier alpha value is -2.93. The highest BCUT2D eigenvalue weighted by Gasteiger charge is 2.11. The fraction of sp³-hybridized carbons (Fsp3) is 0.167. The smallest absolute Gasteiger partial charge is 0.308 e. The number of aromatic nitrogens is 2. The SMILES string of the molecule is Cc1ccn(NCc2ccc(-c3ccccn3)s2)c(=O)c1CC(=O)O. The van der Waals surface area contributed by atoms with Gasteiger partial charge < -0.3 is 10.5 Å². The zero-order valence-electron chi connectivity index (χ0n) is 13.6. The van der Waals surface area contributed by atoms with Gasteiger partial charge in [-0.1, -0.05) is 6.07 Å². The lowest BCUT2D eigenvalue weighted by molar-refractivity contribution is -0.136. The van der Waals surface area contributed by atoms with E-state index in [1.54, 1.807) is 36.7 Å². The molecule has 0 aromatic carbocycles. The Labute approximate surface area is 148 Å². The highest BCUT2D eigenvalue weighted by Crippen LogP contribution is 2.26. The monoisotopic (exact) mass is 355 g/mol. The van der Waals surface area contributed by atoms with E-state index in [0.717, 1.165) is 15.4 Å². The fourth-order valence-corrected chi connectivity index (χ4v) is 3.36. The first kappa shape index (κ1) is 16.9. The van der Waals surface area contributed by atoms with Crippen LogP contribution in [-0.2, 0) is 17.8 Å². The van der Waals surface area contributed by atoms with Crippen LogP contribution < -0.4 is 11.0 Å². The maximum Gasteiger partial charge on any atom is 0.308 e. The number of aliphatic carboxylic acids is 1. The van der Waals surface area contributed by atoms with Crippen molar-refractivity contribution in [1.29, 1.82) is 0 Å². The summed E-state index contributed by atoms with van der Waals surface area (Å²) in [7, 11) is 0. The Morgan fingerprint density at radius 2 is 2.12 bits per heavy atom. The minimum absolute atomic E-state index is 0.282. The van der Waals surface area contributed by atoms with Gasteiger partial charge in [0.15, 0.2) is 0 Å². The molecule has 0 aliphatic carbocycles. The molecule has 3 heterocycles. The average molecular weight is 355 g/mol. The first-order chi connectivity index (χ1) is 12.0. The van der Waals surface area contributed by atoms with Gasteiger partial charge in [-0.25, -0.2) is 4.68 Å². The molecule has 6 nitrogen and oxygen atoms in total. The first-order valence-corrected chi connectivity index (χ1v) is 8.53. The molecule has 0 unspecified atom stereocenters. The van der Waals surface area contributed by atoms with E-state index in [0.29, 0.717) is 17.7 Å². The Balaban J connectivity index is 1.75. The molecule has 0 amide bonds. The molecular weight excluding hydrogens is 338 g/mol. The molecule has 0 atom stereocenters. The number of nitrogens with one attached hydrogen (secondary N) is 1. The predicted molar refractivity (Wildman–Crippen MR) is 97.4 cm³/mol. The van der Waals surface area contributed by atoms with Gasteiger partial charge in [0.2, 0.25) is 0 Å². The van der Waals surface area contributed by atoms with Crippen LogP contribution in [0.2, 0.25) is 0 Å². The number of hydrogen-bond donors (Lipinski definition) is 2. The van der Waals surface area contributed by atoms with E-state index in [1.807, 2.05) is 30.3 Å². The van der Waals surface area contributed by atoms with Crippen molar-refractivity contribution in [1.82, 2.24) is 9.66 Å². The van der Waals surface area contributed by atoms with Gasteiger partial charge in [0.1, 0.15) is 0 Å². The number of hydrogen-bond acceptors (Lipinski definition) is 5. The molecule has 0 aliphatic rings. The van der Waals surface area contributed by atoms with Crippen molar-refractivity contribution in [2.24, 2.45) is 0 Å². The number of carboxylic acids is 1. The number of nitrogens with zero attached hydrogens (tertiary/aromatic N) is 2. The van der Waals surface area contributed by atoms with Gasteiger partial charge >= 0.3 is 5.97 Å². The topological polar surface area (TPSA) is 84.2 Å². The van der Waals surface area contributed by atoms with Crippen molar-refractivity contribution >= 4 is 17.3 Å². The summed E-state index contributed by atoms with van der Waals surface area (Å²) in [5, 5.41) is 8.95. The summed E-state index contributed by atoms with van der Waals surface area (Å²) in [5.41, 5.74) is 4.59. The molecule has 3 rings (SSSR count). The third kappa shape index (κ3) is 3.95. The first-order valence-electron chi connectivity index (χ1n) is 7.71. The predicted octanol–water partition coefficient (Wildman–Crippen LogP) is 2.65. The van der Waals surface area contributed by atoms with E-state index in [9.17, 15) is 9.59 Å². The quantitative estimate of drug-likeness (QED) is 0.710. The molecule has 3 aromatic heterocycles. The van der Waals surface area contributed by atoms with E-state index in [-0.39, 0.29) is 12.0 Å². The van der Waals surface area contributed by atoms with E-state index in [2.05, 4.69) is 10.4 Å². The molecule has 7 heteroatoms. The minimum Gasteiger partial charge on any atom is -0.481 e. The molecule has 0 spiro atoms. The summed E-state index contributed by atoms with van der Waals surface area (Å²) < 4.78 is 1.34. The summed E-state index contributed by atoms with van der Waals surface area (Å²) in [5.74, 6) is -1.02. The van der Waals surface area contributed by atoms with Crippen molar-refractivity contribution in [3.63, 3.8) is 0 Å². The fourth-order valence-electron chi connectivity index (χ4n) is 2.44. The largest absolute Gasteiger partial charge is 0.481 e. The molecule has 0 saturated carbocycles. The molecule has 128 valence electrons. The Kier molecular flexibility index (Phi) is 4.95. The van der Waals surface area contributed by atoms with Crippen molar-refractivity contribution < 1.29 is 9.90 Å². The standard InChI is InChI=1S/C18H17N3O3S/c1-12-7-9-21(18(24)14(12)10-17(22)23)20-11-13-5-6-16(25-13)15-4-2-3-8-19-15/h2-9,20H,10-11H2,1H3,(H,22,23). The van der Waals surface area contributed by atoms with Crippen LogP contribution in [0.15, 0.2) is 53.6 Å². The van der Waals surface area contributed by atoms with Crippen molar-refractivity contribution in [2.75, 3.05) is 5.43 Å². The van der Waals surface area contributed by atoms with Gasteiger partial charge in [0.25, 0.3) is 5.56 Å². The van der Waals surface area contributed by atoms with Gasteiger partial charge in [-0.3, -0.25) is 14.6 Å². The average Bonchev–Trinajstić information content (AvgIpc) is 3.07. The van der Waals surface area contributed by atoms with E-state index < -0.39 is 5.97 Å². The van der Waals surface area contributed by atoms with Gasteiger partial charge in [-0.2, -0.15) is 0 Å². The lowest BCUT2D eigenvalue weighted by Gasteiger charge is -2.11. The second kappa shape index (κ2) is 7.31. The molecule has 3 aromatic rings. The van der Waals surface area contributed by atoms with Crippen LogP contribution in [0.25, 0.3) is 10.6 Å². The Morgan fingerprint density at radius 1 is 1.28 bits per heavy atom. The highest BCUT2D eigenvalue weighted by molar-refractivity contribution is 7.15. The van der Waals surface area contributed by atoms with Gasteiger partial charge in [-0.15, -0.1) is 11.3 Å². The summed E-state index contributed by atoms with van der Waals surface area (Å²) in [6, 6.07) is 11.5. The summed E-state index contributed by atoms with van der Waals surface area (Å²) >= 11 is 1.59. The van der Waals surface area contributed by atoms with Gasteiger partial charge in [0.05, 0.1) is 23.5 Å². The normalized spacial score (nSPS) is 10.6. The number of thiophene rings is 1. The Morgan fingerprint density at radius 3 is 2.84 bits per heavy atom. The molecule has 25 heavy (non-hydrogen) atoms. The van der Waals surface area contributed by atoms with Crippen LogP contribution in [0.3, 0.4) is 0 Å². The lowest BCUT2D eigenvalue weighted by atomic mass is 10.1. The molecule has 0 bridgehead atoms. The summed E-state index contributed by atoms with van der Waals surface area (Å²) in [6.07, 6.45) is 3.09. The van der Waals surface area contributed by atoms with Crippen LogP contribution in [0, 0.1) is 6.92 Å². The second-order valence-corrected chi connectivity index (χ2v) is 6.71. The molecule has 2 N–H and O–H groups in total. The number of aryl methyl sites for hydroxylation is 1. The van der Waals surface area contributed by atoms with Gasteiger partial charge in [0, 0.05) is 22.8 Å². The van der Waals surface area contributed by atoms with Crippen LogP contribution in [0.5, 0.6) is 0 Å². The van der Waals surface area contributed by atoms with Crippen molar-refractivity contribution in [2.45, 2.75) is 19.9 Å². The van der Waals surface area contributed by atoms with Gasteiger partial charge in [-0.05, 0) is 42.8 Å². The van der Waals surface area contributed by atoms with E-state index in [1.165, 1.54) is 4.68 Å². The molecule has 0 radical (unpaired) electrons. The van der Waals surface area contributed by atoms with Crippen LogP contribution >= 0.6 is 11.3 Å². The second-order valence-electron chi connectivity index (χ2n) is 5.54. The molecule has 0 aliphatic heterocycles. The van der Waals surface area contributed by atoms with Crippen molar-refractivity contribution in [3.05, 3.63) is 75.1 Å². The zero-order valence-corrected chi connectivity index (χ0v) is 14.4. The van der Waals surface area contributed by atoms with Crippen LogP contribution in [0.1, 0.15) is 16.0 Å². The zero-order chi connectivity index (χ0) is 17.8. The molecule has 0 saturated heterocycles. The maximum atomic E-state index is 12.4. The number of carboxylic acid groups (broad SMARTS) is 1. The summed E-state index contributed by atoms with van der Waals surface area (Å²) in [6.45, 7) is 2.20. The van der Waals surface area contributed by atoms with Crippen LogP contribution in [-0.4, -0.2) is 20.7 Å². The van der Waals surface area contributed by atoms with E-state index >= 15 is 0 Å². The van der Waals surface area contributed by atoms with E-state index in [4.69, 9.17) is 5.11 Å². The minimum atomic E-state index is -1.02. The Bertz CT molecular complexity index is 948. The lowest BCUT2D eigenvalue weighted by Crippen LogP contribution is -2.32. The molecular formula is C18H17N3O3S. The van der Waals surface area contributed by atoms with Crippen molar-refractivity contribution in [3.8, 4) is 10.6 Å². The molecule has 0 fully saturated rings. The third-order valence-electron chi connectivity index (χ3n) is 3.76. The van der Waals surface area contributed by atoms with Crippen LogP contribution in [0.4, 0.5) is 0 Å². The summed E-state index contributed by atoms with van der Waals surface area (Å²) in [4.78, 5) is 29.8. The highest BCUT2D eigenvalue weighted by atomic mass is 32.1. The number of rotatable bonds is 6.